The molecule has 0 unspecified atom stereocenters. The van der Waals surface area contributed by atoms with Crippen molar-refractivity contribution in [3.05, 3.63) is 41.7 Å². The Kier molecular flexibility index (Phi) is 2.37. The number of hydrogen-bond donors (Lipinski definition) is 1. The molecule has 0 bridgehead atoms. The van der Waals surface area contributed by atoms with Crippen molar-refractivity contribution < 1.29 is 4.52 Å². The van der Waals surface area contributed by atoms with Crippen molar-refractivity contribution in [2.45, 2.75) is 43.6 Å². The number of nitrogens with zero attached hydrogens (tertiary/aromatic N) is 2. The monoisotopic (exact) mass is 255 g/mol. The third-order valence-electron chi connectivity index (χ3n) is 4.29. The predicted molar refractivity (Wildman–Crippen MR) is 72.0 cm³/mol. The van der Waals surface area contributed by atoms with E-state index in [0.717, 1.165) is 18.7 Å². The quantitative estimate of drug-likeness (QED) is 0.912. The number of aromatic nitrogens is 2. The Bertz CT molecular complexity index is 570. The van der Waals surface area contributed by atoms with Gasteiger partial charge in [0, 0.05) is 6.04 Å². The summed E-state index contributed by atoms with van der Waals surface area (Å²) in [5, 5.41) is 7.49. The van der Waals surface area contributed by atoms with Gasteiger partial charge in [-0.25, -0.2) is 0 Å². The number of benzene rings is 1. The highest BCUT2D eigenvalue weighted by molar-refractivity contribution is 5.37. The van der Waals surface area contributed by atoms with E-state index in [1.807, 2.05) is 6.07 Å². The lowest BCUT2D eigenvalue weighted by molar-refractivity contribution is 0.273. The molecule has 2 aromatic rings. The van der Waals surface area contributed by atoms with E-state index in [1.165, 1.54) is 24.8 Å². The van der Waals surface area contributed by atoms with Gasteiger partial charge in [-0.15, -0.1) is 0 Å². The molecule has 19 heavy (non-hydrogen) atoms. The highest BCUT2D eigenvalue weighted by Crippen LogP contribution is 2.47. The normalized spacial score (nSPS) is 20.8. The fraction of sp³-hybridized carbons (Fsp3) is 0.467. The van der Waals surface area contributed by atoms with Gasteiger partial charge in [0.05, 0.1) is 5.41 Å². The van der Waals surface area contributed by atoms with E-state index in [0.29, 0.717) is 12.1 Å². The van der Waals surface area contributed by atoms with Gasteiger partial charge in [0.2, 0.25) is 0 Å². The van der Waals surface area contributed by atoms with Crippen molar-refractivity contribution in [1.82, 2.24) is 10.1 Å². The number of rotatable bonds is 4. The molecule has 2 saturated carbocycles. The highest BCUT2D eigenvalue weighted by atomic mass is 16.5. The number of nitrogens with one attached hydrogen (secondary N) is 1. The fourth-order valence-corrected chi connectivity index (χ4v) is 2.81. The van der Waals surface area contributed by atoms with Crippen LogP contribution in [0.15, 0.2) is 34.9 Å². The standard InChI is InChI=1S/C15H17N3O/c1-2-5-11(6-3-1)15(9-4-10-15)13-17-14(19-18-13)16-12-7-8-12/h1-3,5-6,12H,4,7-10H2,(H,16,17,18). The van der Waals surface area contributed by atoms with Gasteiger partial charge in [-0.2, -0.15) is 4.98 Å². The summed E-state index contributed by atoms with van der Waals surface area (Å²) in [6.07, 6.45) is 5.87. The van der Waals surface area contributed by atoms with E-state index in [2.05, 4.69) is 39.7 Å². The average Bonchev–Trinajstić information content (AvgIpc) is 3.08. The second kappa shape index (κ2) is 4.08. The van der Waals surface area contributed by atoms with Gasteiger partial charge in [-0.3, -0.25) is 0 Å². The smallest absolute Gasteiger partial charge is 0.321 e. The maximum atomic E-state index is 5.35. The van der Waals surface area contributed by atoms with Crippen LogP contribution in [0.5, 0.6) is 0 Å². The van der Waals surface area contributed by atoms with E-state index in [-0.39, 0.29) is 5.41 Å². The van der Waals surface area contributed by atoms with Crippen molar-refractivity contribution in [2.75, 3.05) is 5.32 Å². The van der Waals surface area contributed by atoms with Crippen LogP contribution < -0.4 is 5.32 Å². The zero-order chi connectivity index (χ0) is 12.7. The molecule has 1 heterocycles. The van der Waals surface area contributed by atoms with Crippen LogP contribution in [-0.4, -0.2) is 16.2 Å². The van der Waals surface area contributed by atoms with E-state index in [9.17, 15) is 0 Å². The minimum absolute atomic E-state index is 0.0196. The minimum Gasteiger partial charge on any atom is -0.335 e. The SMILES string of the molecule is c1ccc(C2(c3noc(NC4CC4)n3)CCC2)cc1. The van der Waals surface area contributed by atoms with Crippen LogP contribution in [0.1, 0.15) is 43.5 Å². The van der Waals surface area contributed by atoms with Crippen molar-refractivity contribution in [3.63, 3.8) is 0 Å². The molecule has 1 aromatic carbocycles. The largest absolute Gasteiger partial charge is 0.335 e. The molecule has 1 aromatic heterocycles. The van der Waals surface area contributed by atoms with Crippen molar-refractivity contribution in [1.29, 1.82) is 0 Å². The van der Waals surface area contributed by atoms with Gasteiger partial charge in [0.25, 0.3) is 0 Å². The summed E-state index contributed by atoms with van der Waals surface area (Å²) in [5.74, 6) is 0.841. The Hall–Kier alpha value is -1.84. The lowest BCUT2D eigenvalue weighted by Gasteiger charge is -2.39. The first kappa shape index (κ1) is 11.0. The van der Waals surface area contributed by atoms with Crippen LogP contribution in [0.3, 0.4) is 0 Å². The molecule has 0 radical (unpaired) electrons. The third-order valence-corrected chi connectivity index (χ3v) is 4.29. The van der Waals surface area contributed by atoms with Gasteiger partial charge >= 0.3 is 6.01 Å². The van der Waals surface area contributed by atoms with E-state index < -0.39 is 0 Å². The molecule has 0 saturated heterocycles. The molecule has 0 amide bonds. The Morgan fingerprint density at radius 2 is 1.95 bits per heavy atom. The Labute approximate surface area is 112 Å². The first-order chi connectivity index (χ1) is 9.37. The van der Waals surface area contributed by atoms with Gasteiger partial charge in [0.15, 0.2) is 5.82 Å². The molecule has 0 spiro atoms. The predicted octanol–water partition coefficient (Wildman–Crippen LogP) is 3.11. The molecule has 4 nitrogen and oxygen atoms in total. The topological polar surface area (TPSA) is 51.0 Å². The second-order valence-electron chi connectivity index (χ2n) is 5.64. The molecule has 0 aliphatic heterocycles. The average molecular weight is 255 g/mol. The van der Waals surface area contributed by atoms with E-state index in [4.69, 9.17) is 4.52 Å². The van der Waals surface area contributed by atoms with Crippen LogP contribution >= 0.6 is 0 Å². The van der Waals surface area contributed by atoms with E-state index >= 15 is 0 Å². The van der Waals surface area contributed by atoms with Gasteiger partial charge in [-0.1, -0.05) is 41.9 Å². The maximum absolute atomic E-state index is 5.35. The summed E-state index contributed by atoms with van der Waals surface area (Å²) in [5.41, 5.74) is 1.29. The van der Waals surface area contributed by atoms with Crippen molar-refractivity contribution >= 4 is 6.01 Å². The maximum Gasteiger partial charge on any atom is 0.321 e. The van der Waals surface area contributed by atoms with E-state index in [1.54, 1.807) is 0 Å². The third kappa shape index (κ3) is 1.82. The Morgan fingerprint density at radius 1 is 1.16 bits per heavy atom. The molecular weight excluding hydrogens is 238 g/mol. The molecule has 98 valence electrons. The van der Waals surface area contributed by atoms with Gasteiger partial charge < -0.3 is 9.84 Å². The molecule has 4 heteroatoms. The zero-order valence-electron chi connectivity index (χ0n) is 10.8. The molecule has 1 N–H and O–H groups in total. The Morgan fingerprint density at radius 3 is 2.58 bits per heavy atom. The lowest BCUT2D eigenvalue weighted by atomic mass is 9.64. The van der Waals surface area contributed by atoms with Gasteiger partial charge in [-0.05, 0) is 31.2 Å². The molecule has 2 aliphatic rings. The zero-order valence-corrected chi connectivity index (χ0v) is 10.8. The lowest BCUT2D eigenvalue weighted by Crippen LogP contribution is -2.36. The van der Waals surface area contributed by atoms with Crippen LogP contribution in [0.4, 0.5) is 6.01 Å². The van der Waals surface area contributed by atoms with Crippen molar-refractivity contribution in [3.8, 4) is 0 Å². The van der Waals surface area contributed by atoms with Crippen LogP contribution in [0.25, 0.3) is 0 Å². The second-order valence-corrected chi connectivity index (χ2v) is 5.64. The molecule has 2 fully saturated rings. The summed E-state index contributed by atoms with van der Waals surface area (Å²) >= 11 is 0. The summed E-state index contributed by atoms with van der Waals surface area (Å²) in [4.78, 5) is 4.57. The van der Waals surface area contributed by atoms with Crippen molar-refractivity contribution in [2.24, 2.45) is 0 Å². The van der Waals surface area contributed by atoms with Gasteiger partial charge in [0.1, 0.15) is 0 Å². The fourth-order valence-electron chi connectivity index (χ4n) is 2.81. The van der Waals surface area contributed by atoms with Crippen LogP contribution in [0.2, 0.25) is 0 Å². The summed E-state index contributed by atoms with van der Waals surface area (Å²) in [6.45, 7) is 0. The first-order valence-electron chi connectivity index (χ1n) is 7.03. The minimum atomic E-state index is -0.0196. The summed E-state index contributed by atoms with van der Waals surface area (Å²) in [7, 11) is 0. The van der Waals surface area contributed by atoms with Crippen LogP contribution in [0, 0.1) is 0 Å². The first-order valence-corrected chi connectivity index (χ1v) is 7.03. The number of anilines is 1. The molecule has 4 rings (SSSR count). The van der Waals surface area contributed by atoms with Crippen LogP contribution in [-0.2, 0) is 5.41 Å². The summed E-state index contributed by atoms with van der Waals surface area (Å²) in [6, 6.07) is 11.7. The Balaban J connectivity index is 1.66. The molecule has 0 atom stereocenters. The highest BCUT2D eigenvalue weighted by Gasteiger charge is 2.44. The molecular formula is C15H17N3O. The number of hydrogen-bond acceptors (Lipinski definition) is 4. The molecule has 2 aliphatic carbocycles. The summed E-state index contributed by atoms with van der Waals surface area (Å²) < 4.78 is 5.35.